The average Bonchev–Trinajstić information content (AvgIpc) is 2.66. The van der Waals surface area contributed by atoms with Gasteiger partial charge in [-0.2, -0.15) is 5.26 Å². The Morgan fingerprint density at radius 3 is 2.50 bits per heavy atom. The van der Waals surface area contributed by atoms with Crippen LogP contribution in [0.25, 0.3) is 11.1 Å². The van der Waals surface area contributed by atoms with Crippen LogP contribution in [-0.4, -0.2) is 7.05 Å². The maximum Gasteiger partial charge on any atom is 0.107 e. The van der Waals surface area contributed by atoms with Gasteiger partial charge in [-0.1, -0.05) is 30.3 Å². The molecule has 80 valence electrons. The normalized spacial score (nSPS) is 9.81. The second kappa shape index (κ2) is 4.38. The minimum atomic E-state index is 0.746. The highest BCUT2D eigenvalue weighted by Crippen LogP contribution is 2.38. The molecule has 1 heterocycles. The first-order valence-electron chi connectivity index (χ1n) is 5.04. The van der Waals surface area contributed by atoms with Crippen LogP contribution in [0.5, 0.6) is 0 Å². The van der Waals surface area contributed by atoms with Crippen molar-refractivity contribution in [2.75, 3.05) is 12.4 Å². The number of aryl methyl sites for hydroxylation is 1. The maximum absolute atomic E-state index is 9.22. The minimum Gasteiger partial charge on any atom is -0.379 e. The molecule has 0 spiro atoms. The van der Waals surface area contributed by atoms with Crippen molar-refractivity contribution in [1.29, 1.82) is 5.26 Å². The molecule has 0 aliphatic heterocycles. The molecule has 0 saturated heterocycles. The molecule has 2 nitrogen and oxygen atoms in total. The molecule has 2 rings (SSSR count). The zero-order valence-corrected chi connectivity index (χ0v) is 10.1. The smallest absolute Gasteiger partial charge is 0.107 e. The quantitative estimate of drug-likeness (QED) is 0.851. The lowest BCUT2D eigenvalue weighted by Crippen LogP contribution is -1.88. The van der Waals surface area contributed by atoms with Crippen LogP contribution < -0.4 is 5.32 Å². The molecule has 16 heavy (non-hydrogen) atoms. The van der Waals surface area contributed by atoms with Gasteiger partial charge in [0, 0.05) is 17.5 Å². The summed E-state index contributed by atoms with van der Waals surface area (Å²) in [5.74, 6) is 0. The summed E-state index contributed by atoms with van der Waals surface area (Å²) in [6, 6.07) is 12.3. The summed E-state index contributed by atoms with van der Waals surface area (Å²) >= 11 is 1.63. The molecule has 0 unspecified atom stereocenters. The number of anilines is 1. The highest BCUT2D eigenvalue weighted by Gasteiger charge is 2.15. The van der Waals surface area contributed by atoms with Gasteiger partial charge in [0.1, 0.15) is 11.1 Å². The van der Waals surface area contributed by atoms with Gasteiger partial charge in [-0.15, -0.1) is 11.3 Å². The Morgan fingerprint density at radius 2 is 1.94 bits per heavy atom. The predicted octanol–water partition coefficient (Wildman–Crippen LogP) is 3.64. The second-order valence-electron chi connectivity index (χ2n) is 3.47. The molecular weight excluding hydrogens is 216 g/mol. The van der Waals surface area contributed by atoms with Crippen LogP contribution in [0, 0.1) is 18.3 Å². The zero-order chi connectivity index (χ0) is 11.5. The van der Waals surface area contributed by atoms with E-state index in [1.165, 1.54) is 4.88 Å². The lowest BCUT2D eigenvalue weighted by molar-refractivity contribution is 1.47. The summed E-state index contributed by atoms with van der Waals surface area (Å²) in [5.41, 5.74) is 2.91. The zero-order valence-electron chi connectivity index (χ0n) is 9.24. The van der Waals surface area contributed by atoms with E-state index in [2.05, 4.69) is 18.3 Å². The first-order chi connectivity index (χ1) is 7.77. The standard InChI is InChI=1S/C13H12N2S/c1-9-12(10-6-4-3-5-7-10)11(8-14)13(15-2)16-9/h3-7,15H,1-2H3. The SMILES string of the molecule is CNc1sc(C)c(-c2ccccc2)c1C#N. The van der Waals surface area contributed by atoms with Crippen LogP contribution in [0.2, 0.25) is 0 Å². The Kier molecular flexibility index (Phi) is 2.93. The van der Waals surface area contributed by atoms with Gasteiger partial charge in [0.25, 0.3) is 0 Å². The Bertz CT molecular complexity index is 535. The molecule has 2 aromatic rings. The summed E-state index contributed by atoms with van der Waals surface area (Å²) in [6.45, 7) is 2.05. The number of hydrogen-bond acceptors (Lipinski definition) is 3. The third kappa shape index (κ3) is 1.68. The number of benzene rings is 1. The van der Waals surface area contributed by atoms with Gasteiger partial charge < -0.3 is 5.32 Å². The molecule has 0 saturated carbocycles. The lowest BCUT2D eigenvalue weighted by atomic mass is 10.0. The number of rotatable bonds is 2. The van der Waals surface area contributed by atoms with Gasteiger partial charge in [0.05, 0.1) is 5.56 Å². The van der Waals surface area contributed by atoms with Crippen molar-refractivity contribution in [2.45, 2.75) is 6.92 Å². The van der Waals surface area contributed by atoms with Crippen molar-refractivity contribution in [1.82, 2.24) is 0 Å². The van der Waals surface area contributed by atoms with Gasteiger partial charge in [-0.05, 0) is 12.5 Å². The van der Waals surface area contributed by atoms with Crippen molar-refractivity contribution in [3.05, 3.63) is 40.8 Å². The summed E-state index contributed by atoms with van der Waals surface area (Å²) in [4.78, 5) is 1.17. The number of nitriles is 1. The molecule has 0 bridgehead atoms. The van der Waals surface area contributed by atoms with Crippen LogP contribution in [0.4, 0.5) is 5.00 Å². The number of nitrogens with zero attached hydrogens (tertiary/aromatic N) is 1. The predicted molar refractivity (Wildman–Crippen MR) is 68.8 cm³/mol. The first kappa shape index (κ1) is 10.7. The molecule has 3 heteroatoms. The van der Waals surface area contributed by atoms with Crippen molar-refractivity contribution in [2.24, 2.45) is 0 Å². The van der Waals surface area contributed by atoms with E-state index in [0.717, 1.165) is 21.7 Å². The second-order valence-corrected chi connectivity index (χ2v) is 4.69. The summed E-state index contributed by atoms with van der Waals surface area (Å²) in [7, 11) is 1.85. The van der Waals surface area contributed by atoms with E-state index in [1.54, 1.807) is 11.3 Å². The van der Waals surface area contributed by atoms with E-state index in [-0.39, 0.29) is 0 Å². The van der Waals surface area contributed by atoms with Gasteiger partial charge in [0.2, 0.25) is 0 Å². The van der Waals surface area contributed by atoms with E-state index >= 15 is 0 Å². The summed E-state index contributed by atoms with van der Waals surface area (Å²) < 4.78 is 0. The largest absolute Gasteiger partial charge is 0.379 e. The third-order valence-electron chi connectivity index (χ3n) is 2.49. The van der Waals surface area contributed by atoms with Crippen LogP contribution in [0.1, 0.15) is 10.4 Å². The van der Waals surface area contributed by atoms with E-state index in [4.69, 9.17) is 0 Å². The Morgan fingerprint density at radius 1 is 1.25 bits per heavy atom. The monoisotopic (exact) mass is 228 g/mol. The summed E-state index contributed by atoms with van der Waals surface area (Å²) in [5, 5.41) is 13.2. The van der Waals surface area contributed by atoms with Crippen LogP contribution in [0.3, 0.4) is 0 Å². The topological polar surface area (TPSA) is 35.8 Å². The van der Waals surface area contributed by atoms with Crippen LogP contribution in [-0.2, 0) is 0 Å². The van der Waals surface area contributed by atoms with Crippen LogP contribution in [0.15, 0.2) is 30.3 Å². The van der Waals surface area contributed by atoms with E-state index in [9.17, 15) is 5.26 Å². The molecule has 0 amide bonds. The summed E-state index contributed by atoms with van der Waals surface area (Å²) in [6.07, 6.45) is 0. The Hall–Kier alpha value is -1.79. The highest BCUT2D eigenvalue weighted by molar-refractivity contribution is 7.16. The molecule has 0 fully saturated rings. The minimum absolute atomic E-state index is 0.746. The van der Waals surface area contributed by atoms with Crippen molar-refractivity contribution in [3.63, 3.8) is 0 Å². The molecule has 1 N–H and O–H groups in total. The fraction of sp³-hybridized carbons (Fsp3) is 0.154. The number of thiophene rings is 1. The molecule has 1 aromatic heterocycles. The first-order valence-corrected chi connectivity index (χ1v) is 5.86. The van der Waals surface area contributed by atoms with Gasteiger partial charge in [-0.3, -0.25) is 0 Å². The molecule has 0 atom stereocenters. The Labute approximate surface area is 99.2 Å². The van der Waals surface area contributed by atoms with Gasteiger partial charge >= 0.3 is 0 Å². The fourth-order valence-corrected chi connectivity index (χ4v) is 2.76. The van der Waals surface area contributed by atoms with E-state index < -0.39 is 0 Å². The van der Waals surface area contributed by atoms with Crippen LogP contribution >= 0.6 is 11.3 Å². The Balaban J connectivity index is 2.66. The van der Waals surface area contributed by atoms with E-state index in [1.807, 2.05) is 37.4 Å². The molecular formula is C13H12N2S. The van der Waals surface area contributed by atoms with Crippen molar-refractivity contribution < 1.29 is 0 Å². The maximum atomic E-state index is 9.22. The third-order valence-corrected chi connectivity index (χ3v) is 3.61. The van der Waals surface area contributed by atoms with E-state index in [0.29, 0.717) is 0 Å². The van der Waals surface area contributed by atoms with Gasteiger partial charge in [0.15, 0.2) is 0 Å². The molecule has 0 aliphatic carbocycles. The number of nitrogens with one attached hydrogen (secondary N) is 1. The molecule has 0 aliphatic rings. The molecule has 0 radical (unpaired) electrons. The molecule has 1 aromatic carbocycles. The van der Waals surface area contributed by atoms with Crippen molar-refractivity contribution >= 4 is 16.3 Å². The average molecular weight is 228 g/mol. The van der Waals surface area contributed by atoms with Gasteiger partial charge in [-0.25, -0.2) is 0 Å². The highest BCUT2D eigenvalue weighted by atomic mass is 32.1. The fourth-order valence-electron chi connectivity index (χ4n) is 1.78. The lowest BCUT2D eigenvalue weighted by Gasteiger charge is -2.01. The number of hydrogen-bond donors (Lipinski definition) is 1. The van der Waals surface area contributed by atoms with Crippen molar-refractivity contribution in [3.8, 4) is 17.2 Å².